The standard InChI is InChI=1S/C14H20F3N3O.HI/c1-10(2)20-13(18-3)19-8-11-4-6-12(7-5-11)21-9-14(15,16)17;/h4-7,10H,8-9H2,1-3H3,(H2,18,19,20);1H. The van der Waals surface area contributed by atoms with E-state index in [0.29, 0.717) is 12.5 Å². The van der Waals surface area contributed by atoms with Gasteiger partial charge in [0.05, 0.1) is 0 Å². The van der Waals surface area contributed by atoms with Crippen LogP contribution in [0.5, 0.6) is 5.75 Å². The second-order valence-electron chi connectivity index (χ2n) is 4.77. The number of rotatable bonds is 5. The third kappa shape index (κ3) is 8.96. The number of ether oxygens (including phenoxy) is 1. The summed E-state index contributed by atoms with van der Waals surface area (Å²) < 4.78 is 40.7. The van der Waals surface area contributed by atoms with E-state index in [-0.39, 0.29) is 35.8 Å². The Morgan fingerprint density at radius 2 is 1.82 bits per heavy atom. The average Bonchev–Trinajstić information content (AvgIpc) is 2.41. The van der Waals surface area contributed by atoms with Crippen molar-refractivity contribution in [2.45, 2.75) is 32.6 Å². The fourth-order valence-corrected chi connectivity index (χ4v) is 1.52. The zero-order chi connectivity index (χ0) is 15.9. The number of nitrogens with one attached hydrogen (secondary N) is 2. The molecule has 22 heavy (non-hydrogen) atoms. The summed E-state index contributed by atoms with van der Waals surface area (Å²) in [6.45, 7) is 3.24. The Bertz CT molecular complexity index is 461. The molecule has 0 aromatic heterocycles. The predicted octanol–water partition coefficient (Wildman–Crippen LogP) is 3.32. The Morgan fingerprint density at radius 1 is 1.23 bits per heavy atom. The molecule has 0 fully saturated rings. The van der Waals surface area contributed by atoms with E-state index in [1.807, 2.05) is 13.8 Å². The molecule has 0 heterocycles. The molecule has 0 aliphatic carbocycles. The van der Waals surface area contributed by atoms with Crippen molar-refractivity contribution in [3.8, 4) is 5.75 Å². The van der Waals surface area contributed by atoms with Gasteiger partial charge in [-0.05, 0) is 31.5 Å². The van der Waals surface area contributed by atoms with Gasteiger partial charge in [0.1, 0.15) is 5.75 Å². The second-order valence-corrected chi connectivity index (χ2v) is 4.77. The molecule has 0 spiro atoms. The van der Waals surface area contributed by atoms with E-state index < -0.39 is 12.8 Å². The van der Waals surface area contributed by atoms with E-state index in [9.17, 15) is 13.2 Å². The molecule has 1 aromatic rings. The molecule has 0 radical (unpaired) electrons. The molecule has 1 rings (SSSR count). The summed E-state index contributed by atoms with van der Waals surface area (Å²) in [5.41, 5.74) is 0.918. The van der Waals surface area contributed by atoms with Gasteiger partial charge in [0, 0.05) is 19.6 Å². The molecule has 1 aromatic carbocycles. The summed E-state index contributed by atoms with van der Waals surface area (Å²) in [6, 6.07) is 6.71. The number of nitrogens with zero attached hydrogens (tertiary/aromatic N) is 1. The molecule has 4 nitrogen and oxygen atoms in total. The highest BCUT2D eigenvalue weighted by molar-refractivity contribution is 14.0. The van der Waals surface area contributed by atoms with E-state index in [1.165, 1.54) is 12.1 Å². The first kappa shape index (κ1) is 20.8. The molecule has 0 aliphatic heterocycles. The maximum Gasteiger partial charge on any atom is 0.422 e. The third-order valence-electron chi connectivity index (χ3n) is 2.43. The van der Waals surface area contributed by atoms with Crippen LogP contribution in [-0.2, 0) is 6.54 Å². The van der Waals surface area contributed by atoms with Gasteiger partial charge in [0.2, 0.25) is 0 Å². The molecule has 126 valence electrons. The SMILES string of the molecule is CN=C(NCc1ccc(OCC(F)(F)F)cc1)NC(C)C.I. The van der Waals surface area contributed by atoms with Gasteiger partial charge in [-0.15, -0.1) is 24.0 Å². The van der Waals surface area contributed by atoms with Crippen LogP contribution >= 0.6 is 24.0 Å². The van der Waals surface area contributed by atoms with Crippen molar-refractivity contribution in [3.05, 3.63) is 29.8 Å². The lowest BCUT2D eigenvalue weighted by molar-refractivity contribution is -0.153. The Morgan fingerprint density at radius 3 is 2.27 bits per heavy atom. The molecular weight excluding hydrogens is 410 g/mol. The summed E-state index contributed by atoms with van der Waals surface area (Å²) in [4.78, 5) is 4.06. The molecule has 8 heteroatoms. The Balaban J connectivity index is 0.00000441. The van der Waals surface area contributed by atoms with Crippen molar-refractivity contribution in [2.24, 2.45) is 4.99 Å². The van der Waals surface area contributed by atoms with Crippen molar-refractivity contribution in [1.29, 1.82) is 0 Å². The van der Waals surface area contributed by atoms with Crippen molar-refractivity contribution in [3.63, 3.8) is 0 Å². The lowest BCUT2D eigenvalue weighted by Gasteiger charge is -2.14. The fourth-order valence-electron chi connectivity index (χ4n) is 1.52. The summed E-state index contributed by atoms with van der Waals surface area (Å²) in [5.74, 6) is 0.864. The molecular formula is C14H21F3IN3O. The van der Waals surface area contributed by atoms with Gasteiger partial charge in [0.15, 0.2) is 12.6 Å². The van der Waals surface area contributed by atoms with Gasteiger partial charge in [0.25, 0.3) is 0 Å². The molecule has 0 saturated heterocycles. The molecule has 0 aliphatic rings. The first-order chi connectivity index (χ1) is 9.80. The van der Waals surface area contributed by atoms with Crippen LogP contribution in [0.3, 0.4) is 0 Å². The zero-order valence-electron chi connectivity index (χ0n) is 12.7. The van der Waals surface area contributed by atoms with Crippen LogP contribution in [-0.4, -0.2) is 31.8 Å². The maximum absolute atomic E-state index is 12.0. The lowest BCUT2D eigenvalue weighted by atomic mass is 10.2. The first-order valence-corrected chi connectivity index (χ1v) is 6.56. The van der Waals surface area contributed by atoms with Crippen molar-refractivity contribution < 1.29 is 17.9 Å². The van der Waals surface area contributed by atoms with E-state index in [1.54, 1.807) is 19.2 Å². The van der Waals surface area contributed by atoms with Gasteiger partial charge in [-0.3, -0.25) is 4.99 Å². The summed E-state index contributed by atoms with van der Waals surface area (Å²) in [5, 5.41) is 6.25. The van der Waals surface area contributed by atoms with E-state index in [2.05, 4.69) is 20.4 Å². The van der Waals surface area contributed by atoms with Gasteiger partial charge in [-0.1, -0.05) is 12.1 Å². The maximum atomic E-state index is 12.0. The number of hydrogen-bond acceptors (Lipinski definition) is 2. The van der Waals surface area contributed by atoms with Gasteiger partial charge < -0.3 is 15.4 Å². The van der Waals surface area contributed by atoms with Crippen LogP contribution < -0.4 is 15.4 Å². The smallest absolute Gasteiger partial charge is 0.422 e. The summed E-state index contributed by atoms with van der Waals surface area (Å²) >= 11 is 0. The van der Waals surface area contributed by atoms with Gasteiger partial charge >= 0.3 is 6.18 Å². The lowest BCUT2D eigenvalue weighted by Crippen LogP contribution is -2.40. The number of aliphatic imine (C=N–C) groups is 1. The highest BCUT2D eigenvalue weighted by atomic mass is 127. The van der Waals surface area contributed by atoms with Crippen LogP contribution in [0.1, 0.15) is 19.4 Å². The number of alkyl halides is 3. The number of benzene rings is 1. The summed E-state index contributed by atoms with van der Waals surface area (Å²) in [7, 11) is 1.67. The monoisotopic (exact) mass is 431 g/mol. The van der Waals surface area contributed by atoms with Crippen LogP contribution in [0, 0.1) is 0 Å². The minimum atomic E-state index is -4.32. The summed E-state index contributed by atoms with van der Waals surface area (Å²) in [6.07, 6.45) is -4.32. The second kappa shape index (κ2) is 9.75. The molecule has 0 saturated carbocycles. The highest BCUT2D eigenvalue weighted by Crippen LogP contribution is 2.18. The van der Waals surface area contributed by atoms with Crippen LogP contribution in [0.4, 0.5) is 13.2 Å². The Labute approximate surface area is 145 Å². The fraction of sp³-hybridized carbons (Fsp3) is 0.500. The minimum absolute atomic E-state index is 0. The van der Waals surface area contributed by atoms with E-state index in [0.717, 1.165) is 5.56 Å². The molecule has 0 unspecified atom stereocenters. The average molecular weight is 431 g/mol. The predicted molar refractivity (Wildman–Crippen MR) is 91.9 cm³/mol. The van der Waals surface area contributed by atoms with Crippen LogP contribution in [0.25, 0.3) is 0 Å². The van der Waals surface area contributed by atoms with E-state index >= 15 is 0 Å². The van der Waals surface area contributed by atoms with Crippen molar-refractivity contribution >= 4 is 29.9 Å². The normalized spacial score (nSPS) is 11.9. The zero-order valence-corrected chi connectivity index (χ0v) is 15.0. The number of hydrogen-bond donors (Lipinski definition) is 2. The minimum Gasteiger partial charge on any atom is -0.484 e. The molecule has 0 atom stereocenters. The van der Waals surface area contributed by atoms with Crippen LogP contribution in [0.2, 0.25) is 0 Å². The quantitative estimate of drug-likeness (QED) is 0.427. The van der Waals surface area contributed by atoms with Crippen LogP contribution in [0.15, 0.2) is 29.3 Å². The van der Waals surface area contributed by atoms with Crippen molar-refractivity contribution in [2.75, 3.05) is 13.7 Å². The Kier molecular flexibility index (Phi) is 9.22. The largest absolute Gasteiger partial charge is 0.484 e. The Hall–Kier alpha value is -1.19. The number of guanidine groups is 1. The highest BCUT2D eigenvalue weighted by Gasteiger charge is 2.28. The topological polar surface area (TPSA) is 45.7 Å². The molecule has 0 amide bonds. The first-order valence-electron chi connectivity index (χ1n) is 6.56. The third-order valence-corrected chi connectivity index (χ3v) is 2.43. The molecule has 2 N–H and O–H groups in total. The van der Waals surface area contributed by atoms with Crippen molar-refractivity contribution in [1.82, 2.24) is 10.6 Å². The van der Waals surface area contributed by atoms with Gasteiger partial charge in [-0.2, -0.15) is 13.2 Å². The number of halogens is 4. The van der Waals surface area contributed by atoms with E-state index in [4.69, 9.17) is 0 Å². The van der Waals surface area contributed by atoms with Gasteiger partial charge in [-0.25, -0.2) is 0 Å². The molecule has 0 bridgehead atoms.